The van der Waals surface area contributed by atoms with Gasteiger partial charge in [-0.05, 0) is 59.7 Å². The van der Waals surface area contributed by atoms with Crippen LogP contribution in [0.3, 0.4) is 0 Å². The van der Waals surface area contributed by atoms with Gasteiger partial charge in [0, 0.05) is 11.9 Å². The maximum atomic E-state index is 12.8. The first-order valence-electron chi connectivity index (χ1n) is 17.8. The van der Waals surface area contributed by atoms with E-state index in [0.29, 0.717) is 22.9 Å². The zero-order valence-electron chi connectivity index (χ0n) is 36.3. The molecule has 6 rings (SSSR count). The molecule has 0 saturated carbocycles. The molecular formula is C41H41BrCl2K2N4O13S2. The van der Waals surface area contributed by atoms with Gasteiger partial charge in [-0.2, -0.15) is 0 Å². The van der Waals surface area contributed by atoms with Crippen LogP contribution in [0, 0.1) is 0 Å². The van der Waals surface area contributed by atoms with Crippen molar-refractivity contribution in [3.05, 3.63) is 166 Å². The molecule has 0 fully saturated rings. The van der Waals surface area contributed by atoms with Crippen LogP contribution in [0.1, 0.15) is 44.8 Å². The maximum absolute atomic E-state index is 12.8. The maximum Gasteiger partial charge on any atom is 1.00 e. The first-order valence-corrected chi connectivity index (χ1v) is 22.7. The van der Waals surface area contributed by atoms with E-state index in [-0.39, 0.29) is 161 Å². The predicted octanol–water partition coefficient (Wildman–Crippen LogP) is 0.926. The van der Waals surface area contributed by atoms with Gasteiger partial charge in [0.05, 0.1) is 72.4 Å². The molecule has 0 radical (unpaired) electrons. The summed E-state index contributed by atoms with van der Waals surface area (Å²) < 4.78 is 70.8. The fraction of sp³-hybridized carbons (Fsp3) is 0.146. The molecule has 24 heteroatoms. The number of carbonyl (C=O) groups is 3. The van der Waals surface area contributed by atoms with Gasteiger partial charge in [0.25, 0.3) is 6.47 Å². The van der Waals surface area contributed by atoms with Crippen molar-refractivity contribution in [2.24, 2.45) is 5.14 Å². The van der Waals surface area contributed by atoms with Crippen LogP contribution in [-0.2, 0) is 64.2 Å². The number of esters is 2. The van der Waals surface area contributed by atoms with E-state index in [1.54, 1.807) is 36.4 Å². The van der Waals surface area contributed by atoms with Gasteiger partial charge in [-0.15, -0.1) is 0 Å². The van der Waals surface area contributed by atoms with Gasteiger partial charge in [0.15, 0.2) is 0 Å². The molecule has 4 aromatic carbocycles. The Hall–Kier alpha value is -2.44. The Bertz CT molecular complexity index is 2610. The van der Waals surface area contributed by atoms with Crippen molar-refractivity contribution >= 4 is 89.0 Å². The zero-order valence-corrected chi connectivity index (χ0v) is 46.3. The zero-order chi connectivity index (χ0) is 46.4. The molecule has 0 atom stereocenters. The summed E-state index contributed by atoms with van der Waals surface area (Å²) in [5, 5.41) is 20.3. The Morgan fingerprint density at radius 1 is 0.708 bits per heavy atom. The smallest absolute Gasteiger partial charge is 1.00 e. The second-order valence-electron chi connectivity index (χ2n) is 12.2. The molecule has 2 aromatic heterocycles. The molecular weight excluding hydrogens is 1050 g/mol. The van der Waals surface area contributed by atoms with Crippen LogP contribution in [0.15, 0.2) is 140 Å². The van der Waals surface area contributed by atoms with Crippen LogP contribution in [0.25, 0.3) is 0 Å². The van der Waals surface area contributed by atoms with Crippen molar-refractivity contribution in [3.63, 3.8) is 0 Å². The molecule has 0 aliphatic heterocycles. The van der Waals surface area contributed by atoms with Gasteiger partial charge in [0.1, 0.15) is 21.3 Å². The molecule has 2 heterocycles. The van der Waals surface area contributed by atoms with Crippen LogP contribution in [0.2, 0.25) is 10.0 Å². The number of benzene rings is 4. The van der Waals surface area contributed by atoms with E-state index in [4.69, 9.17) is 52.0 Å². The van der Waals surface area contributed by atoms with E-state index in [1.807, 2.05) is 36.4 Å². The number of alkyl halides is 1. The average molecular weight is 1090 g/mol. The van der Waals surface area contributed by atoms with Crippen molar-refractivity contribution in [1.29, 1.82) is 0 Å². The van der Waals surface area contributed by atoms with Crippen LogP contribution in [-0.4, -0.2) is 49.5 Å². The number of hydrogen-bond acceptors (Lipinski definition) is 15. The van der Waals surface area contributed by atoms with Crippen molar-refractivity contribution < 1.29 is 164 Å². The topological polar surface area (TPSA) is 259 Å². The number of halogens is 3. The van der Waals surface area contributed by atoms with Crippen LogP contribution in [0.5, 0.6) is 0 Å². The fourth-order valence-corrected chi connectivity index (χ4v) is 8.03. The molecule has 0 unspecified atom stereocenters. The normalized spacial score (nSPS) is 10.3. The number of nitrogens with one attached hydrogen (secondary N) is 3. The third kappa shape index (κ3) is 20.8. The van der Waals surface area contributed by atoms with Crippen LogP contribution >= 0.6 is 39.1 Å². The fourth-order valence-electron chi connectivity index (χ4n) is 4.99. The second-order valence-corrected chi connectivity index (χ2v) is 16.8. The minimum atomic E-state index is -4.06. The van der Waals surface area contributed by atoms with E-state index < -0.39 is 32.0 Å². The number of sulfonamides is 2. The van der Waals surface area contributed by atoms with Crippen LogP contribution in [0.4, 0.5) is 11.4 Å². The Morgan fingerprint density at radius 3 is 1.48 bits per heavy atom. The molecule has 5 N–H and O–H groups in total. The number of rotatable bonds is 15. The Morgan fingerprint density at radius 2 is 1.12 bits per heavy atom. The van der Waals surface area contributed by atoms with Gasteiger partial charge in [0.2, 0.25) is 20.0 Å². The molecule has 17 nitrogen and oxygen atoms in total. The number of methoxy groups -OCH3 is 2. The molecule has 0 bridgehead atoms. The summed E-state index contributed by atoms with van der Waals surface area (Å²) in [6, 6.07) is 31.3. The largest absolute Gasteiger partial charge is 1.00 e. The average Bonchev–Trinajstić information content (AvgIpc) is 4.02. The van der Waals surface area contributed by atoms with Crippen molar-refractivity contribution in [3.8, 4) is 0 Å². The summed E-state index contributed by atoms with van der Waals surface area (Å²) in [6.45, 7) is 0.472. The minimum absolute atomic E-state index is 0. The SMILES string of the molecule is BrCc1ccccc1.COC(=O)c1cc(S(=O)(=O)NCc2ccccc2)c(Cl)cc1NCc1ccco1.COC(=O)c1cc(S(N)(=O)=O)c(Cl)cc1NCc1ccco1.O=CO[O-].[H-].[K+].[K+]. The number of furan rings is 2. The van der Waals surface area contributed by atoms with Crippen molar-refractivity contribution in [2.75, 3.05) is 24.9 Å². The van der Waals surface area contributed by atoms with Gasteiger partial charge >= 0.3 is 115 Å². The molecule has 0 aliphatic carbocycles. The van der Waals surface area contributed by atoms with E-state index in [0.717, 1.165) is 17.0 Å². The summed E-state index contributed by atoms with van der Waals surface area (Å²) in [5.74, 6) is -0.146. The first kappa shape index (κ1) is 60.6. The summed E-state index contributed by atoms with van der Waals surface area (Å²) >= 11 is 15.5. The predicted molar refractivity (Wildman–Crippen MR) is 237 cm³/mol. The van der Waals surface area contributed by atoms with Gasteiger partial charge in [-0.25, -0.2) is 36.3 Å². The van der Waals surface area contributed by atoms with Crippen LogP contribution < -0.4 is 129 Å². The third-order valence-electron chi connectivity index (χ3n) is 7.96. The summed E-state index contributed by atoms with van der Waals surface area (Å²) in [5.41, 5.74) is 2.80. The molecule has 6 aromatic rings. The number of hydrogen-bond donors (Lipinski definition) is 4. The van der Waals surface area contributed by atoms with Gasteiger partial charge < -0.3 is 40.5 Å². The summed E-state index contributed by atoms with van der Waals surface area (Å²) in [6.07, 6.45) is 3.04. The summed E-state index contributed by atoms with van der Waals surface area (Å²) in [7, 11) is -5.62. The molecule has 338 valence electrons. The van der Waals surface area contributed by atoms with Gasteiger partial charge in [-0.3, -0.25) is 4.79 Å². The van der Waals surface area contributed by atoms with E-state index >= 15 is 0 Å². The van der Waals surface area contributed by atoms with Crippen molar-refractivity contribution in [1.82, 2.24) is 4.72 Å². The Labute approximate surface area is 480 Å². The Balaban J connectivity index is 0.00000101. The van der Waals surface area contributed by atoms with E-state index in [9.17, 15) is 26.4 Å². The molecule has 0 amide bonds. The molecule has 0 spiro atoms. The first-order chi connectivity index (χ1) is 30.1. The monoisotopic (exact) mass is 1090 g/mol. The van der Waals surface area contributed by atoms with E-state index in [1.165, 1.54) is 50.5 Å². The number of ether oxygens (including phenoxy) is 2. The third-order valence-corrected chi connectivity index (χ3v) is 11.9. The van der Waals surface area contributed by atoms with Crippen molar-refractivity contribution in [2.45, 2.75) is 34.8 Å². The number of anilines is 2. The second kappa shape index (κ2) is 31.6. The number of nitrogens with two attached hydrogens (primary N) is 1. The van der Waals surface area contributed by atoms with E-state index in [2.05, 4.69) is 53.0 Å². The number of primary sulfonamides is 1. The summed E-state index contributed by atoms with van der Waals surface area (Å²) in [4.78, 5) is 34.7. The van der Waals surface area contributed by atoms with Gasteiger partial charge in [-0.1, -0.05) is 99.8 Å². The molecule has 0 aliphatic rings. The molecule has 65 heavy (non-hydrogen) atoms. The molecule has 0 saturated heterocycles. The Kier molecular flexibility index (Phi) is 29.4. The number of carbonyl (C=O) groups excluding carboxylic acids is 3. The quantitative estimate of drug-likeness (QED) is 0.0279. The standard InChI is InChI=1S/C20H19ClN2O5S.C13H13ClN2O5S.C7H7Br.CH2O3.2K.H/c1-27-20(24)16-10-19(29(25,26)23-12-14-6-3-2-4-7-14)17(21)11-18(16)22-13-15-8-5-9-28-15;1-20-13(17)9-5-12(22(15,18)19)10(14)6-11(9)16-7-8-3-2-4-21-8;8-6-7-4-2-1-3-5-7;2-1-4-3;;;/h2-11,22-23H,12-13H2,1H3;2-6,16H,7H2,1H3,(H2,15,18,19);1-5H,6H2;1,3H;;;/q;;;;2*+1;-1/p-1. The minimum Gasteiger partial charge on any atom is -1.00 e.